The molecule has 1 atom stereocenters. The fourth-order valence-electron chi connectivity index (χ4n) is 2.71. The summed E-state index contributed by atoms with van der Waals surface area (Å²) in [7, 11) is 0. The minimum atomic E-state index is -0.998. The van der Waals surface area contributed by atoms with Gasteiger partial charge in [-0.05, 0) is 30.0 Å². The molecule has 0 aliphatic rings. The molecule has 0 saturated carbocycles. The third-order valence-electron chi connectivity index (χ3n) is 3.69. The van der Waals surface area contributed by atoms with Gasteiger partial charge < -0.3 is 15.4 Å². The van der Waals surface area contributed by atoms with Crippen LogP contribution in [0.3, 0.4) is 0 Å². The molecular weight excluding hydrogens is 278 g/mol. The van der Waals surface area contributed by atoms with E-state index in [1.807, 2.05) is 42.6 Å². The van der Waals surface area contributed by atoms with E-state index in [1.165, 1.54) is 0 Å². The first-order valence-corrected chi connectivity index (χ1v) is 7.16. The van der Waals surface area contributed by atoms with Crippen LogP contribution in [0, 0.1) is 0 Å². The molecule has 3 aromatic rings. The number of nitrogens with one attached hydrogen (secondary N) is 2. The number of fused-ring (bicyclic) bond motifs is 1. The number of carbonyl (C=O) groups is 1. The van der Waals surface area contributed by atoms with Crippen molar-refractivity contribution in [2.75, 3.05) is 0 Å². The van der Waals surface area contributed by atoms with Gasteiger partial charge in [0.05, 0.1) is 11.7 Å². The lowest BCUT2D eigenvalue weighted by molar-refractivity contribution is 0.189. The van der Waals surface area contributed by atoms with Crippen molar-refractivity contribution >= 4 is 17.0 Å². The highest BCUT2D eigenvalue weighted by Gasteiger charge is 2.15. The fraction of sp³-hybridized carbons (Fsp3) is 0.176. The lowest BCUT2D eigenvalue weighted by Gasteiger charge is -2.16. The summed E-state index contributed by atoms with van der Waals surface area (Å²) in [6, 6.07) is 11.7. The fourth-order valence-corrected chi connectivity index (χ4v) is 2.71. The van der Waals surface area contributed by atoms with Crippen LogP contribution in [0.2, 0.25) is 0 Å². The molecule has 0 spiro atoms. The summed E-state index contributed by atoms with van der Waals surface area (Å²) in [5, 5.41) is 12.8. The van der Waals surface area contributed by atoms with Crippen molar-refractivity contribution in [1.82, 2.24) is 15.3 Å². The Labute approximate surface area is 128 Å². The molecule has 1 aromatic carbocycles. The van der Waals surface area contributed by atoms with Crippen molar-refractivity contribution in [3.63, 3.8) is 0 Å². The number of benzene rings is 1. The van der Waals surface area contributed by atoms with Crippen LogP contribution in [0.15, 0.2) is 55.0 Å². The minimum absolute atomic E-state index is 0.174. The molecule has 0 saturated heterocycles. The Balaban J connectivity index is 1.82. The number of nitrogens with zero attached hydrogens (tertiary/aromatic N) is 1. The molecule has 0 fully saturated rings. The molecule has 2 heterocycles. The Morgan fingerprint density at radius 1 is 1.23 bits per heavy atom. The number of carboxylic acid groups (broad SMARTS) is 1. The molecule has 1 amide bonds. The number of amides is 1. The summed E-state index contributed by atoms with van der Waals surface area (Å²) in [5.74, 6) is 0. The first-order valence-electron chi connectivity index (χ1n) is 7.16. The molecular formula is C17H17N3O2. The summed E-state index contributed by atoms with van der Waals surface area (Å²) >= 11 is 0. The van der Waals surface area contributed by atoms with Crippen LogP contribution in [0.4, 0.5) is 4.79 Å². The van der Waals surface area contributed by atoms with E-state index in [9.17, 15) is 4.79 Å². The third kappa shape index (κ3) is 3.25. The number of rotatable bonds is 5. The van der Waals surface area contributed by atoms with Gasteiger partial charge in [0.25, 0.3) is 0 Å². The number of pyridine rings is 1. The molecule has 0 aliphatic heterocycles. The predicted molar refractivity (Wildman–Crippen MR) is 84.9 cm³/mol. The second-order valence-electron chi connectivity index (χ2n) is 5.28. The Bertz CT molecular complexity index is 768. The van der Waals surface area contributed by atoms with E-state index in [-0.39, 0.29) is 6.04 Å². The van der Waals surface area contributed by atoms with Gasteiger partial charge >= 0.3 is 6.09 Å². The highest BCUT2D eigenvalue weighted by atomic mass is 16.4. The van der Waals surface area contributed by atoms with E-state index in [1.54, 1.807) is 12.4 Å². The van der Waals surface area contributed by atoms with Crippen molar-refractivity contribution in [1.29, 1.82) is 0 Å². The summed E-state index contributed by atoms with van der Waals surface area (Å²) in [4.78, 5) is 18.3. The van der Waals surface area contributed by atoms with Gasteiger partial charge in [-0.15, -0.1) is 0 Å². The van der Waals surface area contributed by atoms with Crippen molar-refractivity contribution in [2.24, 2.45) is 0 Å². The summed E-state index contributed by atoms with van der Waals surface area (Å²) in [6.45, 7) is 0. The van der Waals surface area contributed by atoms with Gasteiger partial charge in [0.2, 0.25) is 0 Å². The maximum Gasteiger partial charge on any atom is 0.404 e. The number of H-pyrrole nitrogens is 1. The van der Waals surface area contributed by atoms with Gasteiger partial charge in [0, 0.05) is 23.8 Å². The minimum Gasteiger partial charge on any atom is -0.465 e. The summed E-state index contributed by atoms with van der Waals surface area (Å²) in [6.07, 6.45) is 5.73. The quantitative estimate of drug-likeness (QED) is 0.677. The molecule has 5 heteroatoms. The van der Waals surface area contributed by atoms with E-state index >= 15 is 0 Å². The first-order chi connectivity index (χ1) is 10.7. The molecule has 0 aliphatic carbocycles. The Morgan fingerprint density at radius 2 is 2.05 bits per heavy atom. The first kappa shape index (κ1) is 14.1. The van der Waals surface area contributed by atoms with E-state index in [2.05, 4.69) is 15.3 Å². The predicted octanol–water partition coefficient (Wildman–Crippen LogP) is 2.98. The summed E-state index contributed by atoms with van der Waals surface area (Å²) in [5.41, 5.74) is 3.17. The molecule has 0 radical (unpaired) electrons. The van der Waals surface area contributed by atoms with E-state index in [4.69, 9.17) is 5.11 Å². The van der Waals surface area contributed by atoms with Crippen LogP contribution in [0.25, 0.3) is 10.9 Å². The maximum atomic E-state index is 11.1. The monoisotopic (exact) mass is 295 g/mol. The molecule has 2 aromatic heterocycles. The van der Waals surface area contributed by atoms with E-state index in [0.29, 0.717) is 12.8 Å². The number of hydrogen-bond donors (Lipinski definition) is 3. The van der Waals surface area contributed by atoms with Crippen LogP contribution >= 0.6 is 0 Å². The van der Waals surface area contributed by atoms with Gasteiger partial charge in [-0.3, -0.25) is 4.98 Å². The Morgan fingerprint density at radius 3 is 2.82 bits per heavy atom. The van der Waals surface area contributed by atoms with Crippen molar-refractivity contribution < 1.29 is 9.90 Å². The number of aromatic nitrogens is 2. The van der Waals surface area contributed by atoms with Gasteiger partial charge in [0.15, 0.2) is 0 Å². The lowest BCUT2D eigenvalue weighted by atomic mass is 9.99. The van der Waals surface area contributed by atoms with Crippen LogP contribution < -0.4 is 5.32 Å². The molecule has 112 valence electrons. The van der Waals surface area contributed by atoms with Crippen molar-refractivity contribution in [3.05, 3.63) is 66.1 Å². The van der Waals surface area contributed by atoms with Crippen molar-refractivity contribution in [3.8, 4) is 0 Å². The highest BCUT2D eigenvalue weighted by molar-refractivity contribution is 5.82. The van der Waals surface area contributed by atoms with Gasteiger partial charge in [0.1, 0.15) is 0 Å². The van der Waals surface area contributed by atoms with Crippen LogP contribution in [0.1, 0.15) is 11.1 Å². The molecule has 3 N–H and O–H groups in total. The zero-order valence-corrected chi connectivity index (χ0v) is 12.0. The molecule has 1 unspecified atom stereocenters. The maximum absolute atomic E-state index is 11.1. The second-order valence-corrected chi connectivity index (χ2v) is 5.28. The van der Waals surface area contributed by atoms with Crippen LogP contribution in [0.5, 0.6) is 0 Å². The third-order valence-corrected chi connectivity index (χ3v) is 3.69. The smallest absolute Gasteiger partial charge is 0.404 e. The number of hydrogen-bond acceptors (Lipinski definition) is 2. The van der Waals surface area contributed by atoms with E-state index in [0.717, 1.165) is 22.0 Å². The van der Waals surface area contributed by atoms with Gasteiger partial charge in [-0.2, -0.15) is 0 Å². The van der Waals surface area contributed by atoms with Gasteiger partial charge in [-0.25, -0.2) is 4.79 Å². The average Bonchev–Trinajstić information content (AvgIpc) is 2.91. The van der Waals surface area contributed by atoms with Crippen LogP contribution in [-0.2, 0) is 12.8 Å². The SMILES string of the molecule is O=C(O)NC(Cc1ccccc1)Cc1c[nH]c2cnccc12. The largest absolute Gasteiger partial charge is 0.465 e. The highest BCUT2D eigenvalue weighted by Crippen LogP contribution is 2.19. The van der Waals surface area contributed by atoms with Gasteiger partial charge in [-0.1, -0.05) is 30.3 Å². The zero-order valence-electron chi connectivity index (χ0n) is 12.0. The second kappa shape index (κ2) is 6.30. The topological polar surface area (TPSA) is 78.0 Å². The standard InChI is InChI=1S/C17H17N3O2/c21-17(22)20-14(8-12-4-2-1-3-5-12)9-13-10-19-16-11-18-7-6-15(13)16/h1-7,10-11,14,19-20H,8-9H2,(H,21,22). The van der Waals surface area contributed by atoms with E-state index < -0.39 is 6.09 Å². The number of aromatic amines is 1. The zero-order chi connectivity index (χ0) is 15.4. The molecule has 3 rings (SSSR count). The average molecular weight is 295 g/mol. The normalized spacial score (nSPS) is 12.2. The molecule has 0 bridgehead atoms. The van der Waals surface area contributed by atoms with Crippen molar-refractivity contribution in [2.45, 2.75) is 18.9 Å². The Kier molecular flexibility index (Phi) is 4.05. The molecule has 22 heavy (non-hydrogen) atoms. The van der Waals surface area contributed by atoms with Crippen LogP contribution in [-0.4, -0.2) is 27.2 Å². The summed E-state index contributed by atoms with van der Waals surface area (Å²) < 4.78 is 0. The molecule has 5 nitrogen and oxygen atoms in total. The lowest BCUT2D eigenvalue weighted by Crippen LogP contribution is -2.37. The Hall–Kier alpha value is -2.82.